The van der Waals surface area contributed by atoms with Crippen LogP contribution in [0.3, 0.4) is 0 Å². The Labute approximate surface area is 179 Å². The van der Waals surface area contributed by atoms with Crippen LogP contribution in [-0.4, -0.2) is 33.7 Å². The van der Waals surface area contributed by atoms with Crippen LogP contribution in [0.15, 0.2) is 66.7 Å². The predicted molar refractivity (Wildman–Crippen MR) is 120 cm³/mol. The first-order chi connectivity index (χ1) is 15.1. The monoisotopic (exact) mass is 411 g/mol. The van der Waals surface area contributed by atoms with Gasteiger partial charge in [0.1, 0.15) is 0 Å². The number of para-hydroxylation sites is 1. The normalized spacial score (nSPS) is 13.3. The number of hydrogen-bond donors (Lipinski definition) is 1. The first kappa shape index (κ1) is 19.1. The molecule has 0 fully saturated rings. The third-order valence-electron chi connectivity index (χ3n) is 5.81. The molecule has 2 heterocycles. The van der Waals surface area contributed by atoms with Crippen molar-refractivity contribution in [2.24, 2.45) is 0 Å². The second kappa shape index (κ2) is 7.40. The molecule has 3 amide bonds. The summed E-state index contributed by atoms with van der Waals surface area (Å²) in [5.74, 6) is -0.931. The van der Waals surface area contributed by atoms with Gasteiger partial charge >= 0.3 is 0 Å². The highest BCUT2D eigenvalue weighted by Crippen LogP contribution is 2.31. The van der Waals surface area contributed by atoms with Gasteiger partial charge in [0.15, 0.2) is 0 Å². The summed E-state index contributed by atoms with van der Waals surface area (Å²) in [6, 6.07) is 20.8. The first-order valence-electron chi connectivity index (χ1n) is 10.3. The van der Waals surface area contributed by atoms with Crippen LogP contribution in [0.1, 0.15) is 34.1 Å². The van der Waals surface area contributed by atoms with E-state index in [2.05, 4.69) is 28.9 Å². The maximum atomic E-state index is 12.6. The van der Waals surface area contributed by atoms with Crippen molar-refractivity contribution in [3.05, 3.63) is 77.9 Å². The van der Waals surface area contributed by atoms with Gasteiger partial charge in [0.05, 0.1) is 11.1 Å². The summed E-state index contributed by atoms with van der Waals surface area (Å²) in [6.45, 7) is 3.02. The molecule has 3 aromatic carbocycles. The van der Waals surface area contributed by atoms with Gasteiger partial charge in [0, 0.05) is 47.0 Å². The van der Waals surface area contributed by atoms with Gasteiger partial charge < -0.3 is 9.88 Å². The number of carbonyl (C=O) groups excluding carboxylic acids is 3. The maximum Gasteiger partial charge on any atom is 0.261 e. The number of fused-ring (bicyclic) bond motifs is 4. The summed E-state index contributed by atoms with van der Waals surface area (Å²) in [7, 11) is 0. The Hall–Kier alpha value is -3.93. The van der Waals surface area contributed by atoms with Crippen LogP contribution in [0.4, 0.5) is 5.69 Å². The van der Waals surface area contributed by atoms with E-state index < -0.39 is 0 Å². The molecule has 1 aliphatic heterocycles. The zero-order valence-electron chi connectivity index (χ0n) is 17.1. The number of nitrogens with zero attached hydrogens (tertiary/aromatic N) is 2. The van der Waals surface area contributed by atoms with Crippen LogP contribution in [-0.2, 0) is 11.3 Å². The minimum absolute atomic E-state index is 0.0419. The van der Waals surface area contributed by atoms with E-state index in [-0.39, 0.29) is 30.7 Å². The SMILES string of the molecule is CCn1c2ccccc2c2cc(NC(=O)CCN3C(=O)c4ccccc4C3=O)ccc21. The standard InChI is InChI=1S/C25H21N3O3/c1-2-27-21-10-6-5-7-17(21)20-15-16(11-12-22(20)27)26-23(29)13-14-28-24(30)18-8-3-4-9-19(18)25(28)31/h3-12,15H,2,13-14H2,1H3,(H,26,29). The van der Waals surface area contributed by atoms with Crippen LogP contribution in [0, 0.1) is 0 Å². The quantitative estimate of drug-likeness (QED) is 0.494. The van der Waals surface area contributed by atoms with Gasteiger partial charge in [-0.2, -0.15) is 0 Å². The van der Waals surface area contributed by atoms with Crippen LogP contribution < -0.4 is 5.32 Å². The summed E-state index contributed by atoms with van der Waals surface area (Å²) in [6.07, 6.45) is 0.0419. The second-order valence-electron chi connectivity index (χ2n) is 7.60. The molecule has 1 N–H and O–H groups in total. The molecule has 154 valence electrons. The van der Waals surface area contributed by atoms with Crippen LogP contribution in [0.5, 0.6) is 0 Å². The molecule has 0 radical (unpaired) electrons. The van der Waals surface area contributed by atoms with Crippen molar-refractivity contribution in [1.82, 2.24) is 9.47 Å². The number of imide groups is 1. The van der Waals surface area contributed by atoms with E-state index >= 15 is 0 Å². The molecule has 6 heteroatoms. The molecule has 0 bridgehead atoms. The smallest absolute Gasteiger partial charge is 0.261 e. The number of aryl methyl sites for hydroxylation is 1. The molecular weight excluding hydrogens is 390 g/mol. The van der Waals surface area contributed by atoms with Gasteiger partial charge in [0.25, 0.3) is 11.8 Å². The Balaban J connectivity index is 1.33. The first-order valence-corrected chi connectivity index (χ1v) is 10.3. The van der Waals surface area contributed by atoms with E-state index in [4.69, 9.17) is 0 Å². The van der Waals surface area contributed by atoms with E-state index in [9.17, 15) is 14.4 Å². The molecular formula is C25H21N3O3. The number of nitrogens with one attached hydrogen (secondary N) is 1. The number of benzene rings is 3. The Kier molecular flexibility index (Phi) is 4.55. The largest absolute Gasteiger partial charge is 0.341 e. The Morgan fingerprint density at radius 3 is 2.19 bits per heavy atom. The fraction of sp³-hybridized carbons (Fsp3) is 0.160. The maximum absolute atomic E-state index is 12.6. The average molecular weight is 411 g/mol. The lowest BCUT2D eigenvalue weighted by molar-refractivity contribution is -0.116. The summed E-state index contributed by atoms with van der Waals surface area (Å²) in [5, 5.41) is 5.12. The molecule has 0 saturated carbocycles. The van der Waals surface area contributed by atoms with Crippen LogP contribution in [0.25, 0.3) is 21.8 Å². The van der Waals surface area contributed by atoms with Crippen molar-refractivity contribution in [3.8, 4) is 0 Å². The number of aromatic nitrogens is 1. The lowest BCUT2D eigenvalue weighted by Gasteiger charge is -2.13. The van der Waals surface area contributed by atoms with Crippen LogP contribution in [0.2, 0.25) is 0 Å². The highest BCUT2D eigenvalue weighted by atomic mass is 16.2. The van der Waals surface area contributed by atoms with Gasteiger partial charge in [-0.3, -0.25) is 19.3 Å². The molecule has 5 rings (SSSR count). The van der Waals surface area contributed by atoms with Crippen molar-refractivity contribution < 1.29 is 14.4 Å². The lowest BCUT2D eigenvalue weighted by atomic mass is 10.1. The van der Waals surface area contributed by atoms with Gasteiger partial charge in [-0.25, -0.2) is 0 Å². The van der Waals surface area contributed by atoms with E-state index in [1.807, 2.05) is 30.3 Å². The van der Waals surface area contributed by atoms with Crippen molar-refractivity contribution in [3.63, 3.8) is 0 Å². The van der Waals surface area contributed by atoms with Crippen LogP contribution >= 0.6 is 0 Å². The Morgan fingerprint density at radius 2 is 1.48 bits per heavy atom. The molecule has 0 unspecified atom stereocenters. The second-order valence-corrected chi connectivity index (χ2v) is 7.60. The molecule has 4 aromatic rings. The minimum atomic E-state index is -0.345. The summed E-state index contributed by atoms with van der Waals surface area (Å²) >= 11 is 0. The van der Waals surface area contributed by atoms with Gasteiger partial charge in [-0.05, 0) is 43.3 Å². The number of anilines is 1. The number of carbonyl (C=O) groups is 3. The van der Waals surface area contributed by atoms with Crippen molar-refractivity contribution in [1.29, 1.82) is 0 Å². The van der Waals surface area contributed by atoms with E-state index in [1.165, 1.54) is 0 Å². The van der Waals surface area contributed by atoms with Crippen molar-refractivity contribution >= 4 is 45.2 Å². The number of rotatable bonds is 5. The van der Waals surface area contributed by atoms with Crippen molar-refractivity contribution in [2.75, 3.05) is 11.9 Å². The average Bonchev–Trinajstić information content (AvgIpc) is 3.24. The highest BCUT2D eigenvalue weighted by molar-refractivity contribution is 6.21. The highest BCUT2D eigenvalue weighted by Gasteiger charge is 2.34. The molecule has 0 atom stereocenters. The third kappa shape index (κ3) is 3.08. The van der Waals surface area contributed by atoms with Crippen molar-refractivity contribution in [2.45, 2.75) is 19.9 Å². The number of amides is 3. The fourth-order valence-electron chi connectivity index (χ4n) is 4.35. The summed E-state index contributed by atoms with van der Waals surface area (Å²) in [5.41, 5.74) is 3.76. The van der Waals surface area contributed by atoms with E-state index in [1.54, 1.807) is 24.3 Å². The van der Waals surface area contributed by atoms with Gasteiger partial charge in [-0.1, -0.05) is 30.3 Å². The Morgan fingerprint density at radius 1 is 0.839 bits per heavy atom. The molecule has 0 saturated heterocycles. The number of hydrogen-bond acceptors (Lipinski definition) is 3. The molecule has 31 heavy (non-hydrogen) atoms. The zero-order valence-corrected chi connectivity index (χ0v) is 17.1. The molecule has 0 aliphatic carbocycles. The van der Waals surface area contributed by atoms with Gasteiger partial charge in [0.2, 0.25) is 5.91 Å². The van der Waals surface area contributed by atoms with Gasteiger partial charge in [-0.15, -0.1) is 0 Å². The predicted octanol–water partition coefficient (Wildman–Crippen LogP) is 4.44. The zero-order chi connectivity index (χ0) is 21.5. The summed E-state index contributed by atoms with van der Waals surface area (Å²) in [4.78, 5) is 38.6. The summed E-state index contributed by atoms with van der Waals surface area (Å²) < 4.78 is 2.25. The molecule has 1 aliphatic rings. The molecule has 1 aromatic heterocycles. The Bertz CT molecular complexity index is 1330. The van der Waals surface area contributed by atoms with E-state index in [0.29, 0.717) is 16.8 Å². The molecule has 0 spiro atoms. The van der Waals surface area contributed by atoms with E-state index in [0.717, 1.165) is 33.3 Å². The lowest BCUT2D eigenvalue weighted by Crippen LogP contribution is -2.32. The topological polar surface area (TPSA) is 71.4 Å². The third-order valence-corrected chi connectivity index (χ3v) is 5.81. The fourth-order valence-corrected chi connectivity index (χ4v) is 4.35. The molecule has 6 nitrogen and oxygen atoms in total. The minimum Gasteiger partial charge on any atom is -0.341 e.